The van der Waals surface area contributed by atoms with Gasteiger partial charge in [-0.15, -0.1) is 17.5 Å². The molecule has 0 spiro atoms. The molecule has 0 amide bonds. The van der Waals surface area contributed by atoms with Gasteiger partial charge < -0.3 is 9.15 Å². The molecular formula is C51H44O2S. The summed E-state index contributed by atoms with van der Waals surface area (Å²) >= 11 is 1.87. The van der Waals surface area contributed by atoms with Gasteiger partial charge in [0.2, 0.25) is 0 Å². The van der Waals surface area contributed by atoms with Crippen LogP contribution in [0.3, 0.4) is 0 Å². The van der Waals surface area contributed by atoms with Crippen molar-refractivity contribution < 1.29 is 9.15 Å². The molecule has 0 radical (unpaired) electrons. The zero-order valence-corrected chi connectivity index (χ0v) is 31.6. The second-order valence-corrected chi connectivity index (χ2v) is 17.8. The Labute approximate surface area is 322 Å². The highest BCUT2D eigenvalue weighted by Gasteiger charge is 2.45. The maximum Gasteiger partial charge on any atom is 0.167 e. The minimum Gasteiger partial charge on any atom is -0.482 e. The molecule has 2 aromatic carbocycles. The number of hydrogen-bond donors (Lipinski definition) is 0. The molecule has 0 saturated heterocycles. The molecule has 3 aromatic rings. The molecule has 54 heavy (non-hydrogen) atoms. The number of thioether (sulfide) groups is 1. The molecule has 2 nitrogen and oxygen atoms in total. The van der Waals surface area contributed by atoms with E-state index in [1.54, 1.807) is 0 Å². The van der Waals surface area contributed by atoms with E-state index in [1.165, 1.54) is 92.3 Å². The van der Waals surface area contributed by atoms with Crippen LogP contribution < -0.4 is 0 Å². The van der Waals surface area contributed by atoms with Crippen molar-refractivity contribution >= 4 is 34.4 Å². The van der Waals surface area contributed by atoms with E-state index < -0.39 is 0 Å². The molecule has 2 aliphatic heterocycles. The van der Waals surface area contributed by atoms with E-state index in [2.05, 4.69) is 127 Å². The number of fused-ring (bicyclic) bond motifs is 10. The summed E-state index contributed by atoms with van der Waals surface area (Å²) in [6.45, 7) is 2.53. The molecule has 9 aliphatic rings. The lowest BCUT2D eigenvalue weighted by atomic mass is 9.58. The summed E-state index contributed by atoms with van der Waals surface area (Å²) in [6.07, 6.45) is 34.1. The van der Waals surface area contributed by atoms with Gasteiger partial charge in [0.1, 0.15) is 11.3 Å². The van der Waals surface area contributed by atoms with E-state index in [-0.39, 0.29) is 17.9 Å². The number of furan rings is 1. The molecule has 1 aromatic heterocycles. The lowest BCUT2D eigenvalue weighted by Gasteiger charge is -2.46. The fourth-order valence-corrected chi connectivity index (χ4v) is 12.3. The van der Waals surface area contributed by atoms with Gasteiger partial charge in [0.15, 0.2) is 11.9 Å². The van der Waals surface area contributed by atoms with Gasteiger partial charge >= 0.3 is 0 Å². The largest absolute Gasteiger partial charge is 0.482 e. The van der Waals surface area contributed by atoms with Crippen molar-refractivity contribution in [1.82, 2.24) is 0 Å². The van der Waals surface area contributed by atoms with Gasteiger partial charge in [-0.3, -0.25) is 0 Å². The van der Waals surface area contributed by atoms with E-state index in [4.69, 9.17) is 9.15 Å². The second kappa shape index (κ2) is 12.2. The molecule has 7 aliphatic carbocycles. The van der Waals surface area contributed by atoms with E-state index >= 15 is 0 Å². The quantitative estimate of drug-likeness (QED) is 0.252. The van der Waals surface area contributed by atoms with Gasteiger partial charge in [0.25, 0.3) is 0 Å². The maximum atomic E-state index is 6.66. The molecule has 3 heterocycles. The predicted octanol–water partition coefficient (Wildman–Crippen LogP) is 13.2. The molecule has 8 unspecified atom stereocenters. The molecule has 1 saturated carbocycles. The van der Waals surface area contributed by atoms with Gasteiger partial charge in [-0.25, -0.2) is 0 Å². The minimum absolute atomic E-state index is 0.0652. The summed E-state index contributed by atoms with van der Waals surface area (Å²) in [6, 6.07) is 16.3. The Morgan fingerprint density at radius 1 is 0.889 bits per heavy atom. The Bertz CT molecular complexity index is 2530. The summed E-state index contributed by atoms with van der Waals surface area (Å²) in [5, 5.41) is 3.45. The summed E-state index contributed by atoms with van der Waals surface area (Å²) in [5.74, 6) is 5.95. The first-order chi connectivity index (χ1) is 26.7. The summed E-state index contributed by atoms with van der Waals surface area (Å²) in [4.78, 5) is 0. The monoisotopic (exact) mass is 720 g/mol. The van der Waals surface area contributed by atoms with Crippen LogP contribution in [0.5, 0.6) is 0 Å². The second-order valence-electron chi connectivity index (χ2n) is 16.9. The van der Waals surface area contributed by atoms with Crippen LogP contribution in [-0.4, -0.2) is 5.75 Å². The normalized spacial score (nSPS) is 32.5. The van der Waals surface area contributed by atoms with Crippen LogP contribution in [0.2, 0.25) is 0 Å². The third-order valence-electron chi connectivity index (χ3n) is 14.2. The molecular weight excluding hydrogens is 677 g/mol. The maximum absolute atomic E-state index is 6.66. The average molecular weight is 721 g/mol. The van der Waals surface area contributed by atoms with Crippen molar-refractivity contribution in [1.29, 1.82) is 0 Å². The average Bonchev–Trinajstić information content (AvgIpc) is 3.93. The van der Waals surface area contributed by atoms with Crippen molar-refractivity contribution in [3.8, 4) is 0 Å². The topological polar surface area (TPSA) is 22.4 Å². The van der Waals surface area contributed by atoms with E-state index in [9.17, 15) is 0 Å². The third-order valence-corrected chi connectivity index (χ3v) is 15.0. The number of hydrogen-bond acceptors (Lipinski definition) is 3. The molecule has 1 fully saturated rings. The molecule has 3 heteroatoms. The first kappa shape index (κ1) is 31.6. The highest BCUT2D eigenvalue weighted by atomic mass is 32.2. The van der Waals surface area contributed by atoms with Crippen molar-refractivity contribution in [3.63, 3.8) is 0 Å². The Balaban J connectivity index is 0.991. The summed E-state index contributed by atoms with van der Waals surface area (Å²) in [7, 11) is 0. The molecule has 8 atom stereocenters. The number of allylic oxidation sites excluding steroid dienone is 13. The summed E-state index contributed by atoms with van der Waals surface area (Å²) in [5.41, 5.74) is 20.0. The number of rotatable bonds is 3. The Morgan fingerprint density at radius 2 is 1.80 bits per heavy atom. The standard InChI is InChI=1S/C51H44O2S/c1-29-37(33-16-21-46-44(27-33)42-19-18-41-38-10-6-7-13-45(38)52-50(41)51(42)53-46)17-20-43-47(29)49(34-15-14-30-8-2-3-9-31(30)24-34)40-12-5-4-11-39(40)48(43)35-25-32-22-23-54-28-36(32)26-35/h4-5,7,11-25,27,29-31,37,41,47,49-50H,2-3,6,8-10,28H2,1H3. The van der Waals surface area contributed by atoms with E-state index in [1.807, 2.05) is 11.8 Å². The van der Waals surface area contributed by atoms with Crippen LogP contribution in [0.4, 0.5) is 0 Å². The molecule has 0 N–H and O–H groups in total. The number of ether oxygens (including phenoxy) is 1. The molecule has 12 rings (SSSR count). The molecule has 0 bridgehead atoms. The minimum atomic E-state index is -0.0652. The predicted molar refractivity (Wildman–Crippen MR) is 221 cm³/mol. The van der Waals surface area contributed by atoms with Gasteiger partial charge in [-0.2, -0.15) is 0 Å². The van der Waals surface area contributed by atoms with Crippen LogP contribution in [0.1, 0.15) is 91.4 Å². The van der Waals surface area contributed by atoms with Gasteiger partial charge in [-0.05, 0) is 124 Å². The van der Waals surface area contributed by atoms with E-state index in [0.29, 0.717) is 29.6 Å². The van der Waals surface area contributed by atoms with Gasteiger partial charge in [0, 0.05) is 51.2 Å². The summed E-state index contributed by atoms with van der Waals surface area (Å²) < 4.78 is 13.2. The van der Waals surface area contributed by atoms with Crippen LogP contribution in [0, 0.1) is 29.6 Å². The zero-order chi connectivity index (χ0) is 35.5. The van der Waals surface area contributed by atoms with Crippen molar-refractivity contribution in [2.24, 2.45) is 29.6 Å². The third kappa shape index (κ3) is 4.68. The van der Waals surface area contributed by atoms with Crippen LogP contribution in [0.15, 0.2) is 158 Å². The Morgan fingerprint density at radius 3 is 2.74 bits per heavy atom. The smallest absolute Gasteiger partial charge is 0.167 e. The first-order valence-corrected chi connectivity index (χ1v) is 21.5. The van der Waals surface area contributed by atoms with Crippen molar-refractivity contribution in [3.05, 3.63) is 182 Å². The van der Waals surface area contributed by atoms with Crippen LogP contribution in [0.25, 0.3) is 22.6 Å². The van der Waals surface area contributed by atoms with Crippen molar-refractivity contribution in [2.75, 3.05) is 5.75 Å². The van der Waals surface area contributed by atoms with E-state index in [0.717, 1.165) is 35.7 Å². The fourth-order valence-electron chi connectivity index (χ4n) is 11.6. The first-order valence-electron chi connectivity index (χ1n) is 20.4. The Kier molecular flexibility index (Phi) is 7.12. The van der Waals surface area contributed by atoms with Crippen molar-refractivity contribution in [2.45, 2.75) is 63.4 Å². The lowest BCUT2D eigenvalue weighted by molar-refractivity contribution is 0.111. The lowest BCUT2D eigenvalue weighted by Crippen LogP contribution is -2.34. The Hall–Kier alpha value is -4.69. The fraction of sp³-hybridized carbons (Fsp3) is 0.314. The van der Waals surface area contributed by atoms with Gasteiger partial charge in [0.05, 0.1) is 0 Å². The highest BCUT2D eigenvalue weighted by molar-refractivity contribution is 8.02. The van der Waals surface area contributed by atoms with Crippen LogP contribution in [-0.2, 0) is 4.74 Å². The van der Waals surface area contributed by atoms with Gasteiger partial charge in [-0.1, -0.05) is 98.7 Å². The highest BCUT2D eigenvalue weighted by Crippen LogP contribution is 2.58. The zero-order valence-electron chi connectivity index (χ0n) is 30.8. The number of benzene rings is 2. The SMILES string of the molecule is CC1C(c2ccc3oc4c(c3c2)C=CC2C3=C(C=CCC3)OC42)C=CC2=C(C3=C=C4CSC=CC4=C3)c3ccccc3C(C3=CC4CCCCC4C=C3)C21. The molecule has 266 valence electrons. The van der Waals surface area contributed by atoms with Crippen LogP contribution >= 0.6 is 11.8 Å².